The van der Waals surface area contributed by atoms with Gasteiger partial charge in [-0.2, -0.15) is 0 Å². The maximum absolute atomic E-state index is 14.6. The quantitative estimate of drug-likeness (QED) is 0.782. The first-order valence-electron chi connectivity index (χ1n) is 8.44. The number of piperidine rings is 1. The van der Waals surface area contributed by atoms with Gasteiger partial charge in [0.05, 0.1) is 5.69 Å². The van der Waals surface area contributed by atoms with Gasteiger partial charge in [-0.1, -0.05) is 12.1 Å². The highest BCUT2D eigenvalue weighted by Crippen LogP contribution is 2.28. The van der Waals surface area contributed by atoms with Gasteiger partial charge in [0, 0.05) is 39.9 Å². The molecule has 6 heteroatoms. The SMILES string of the molecule is CS(=O)c1ccc(-c2cn3cc(C4CCNCC4)cc(F)c3n2)cc1. The molecule has 0 aliphatic carbocycles. The summed E-state index contributed by atoms with van der Waals surface area (Å²) in [6.07, 6.45) is 7.57. The highest BCUT2D eigenvalue weighted by Gasteiger charge is 2.18. The van der Waals surface area contributed by atoms with Crippen LogP contribution in [0, 0.1) is 5.82 Å². The van der Waals surface area contributed by atoms with Crippen LogP contribution in [0.4, 0.5) is 4.39 Å². The number of rotatable bonds is 3. The number of benzene rings is 1. The van der Waals surface area contributed by atoms with E-state index < -0.39 is 10.8 Å². The second-order valence-electron chi connectivity index (χ2n) is 6.48. The molecular weight excluding hydrogens is 337 g/mol. The molecule has 1 fully saturated rings. The fraction of sp³-hybridized carbons (Fsp3) is 0.316. The lowest BCUT2D eigenvalue weighted by Crippen LogP contribution is -2.26. The van der Waals surface area contributed by atoms with E-state index in [9.17, 15) is 8.60 Å². The Balaban J connectivity index is 1.71. The first-order valence-corrected chi connectivity index (χ1v) is 10.0. The van der Waals surface area contributed by atoms with Crippen LogP contribution in [0.3, 0.4) is 0 Å². The van der Waals surface area contributed by atoms with Crippen LogP contribution in [0.15, 0.2) is 47.6 Å². The summed E-state index contributed by atoms with van der Waals surface area (Å²) >= 11 is 0. The first-order chi connectivity index (χ1) is 12.1. The minimum Gasteiger partial charge on any atom is -0.317 e. The second-order valence-corrected chi connectivity index (χ2v) is 7.86. The summed E-state index contributed by atoms with van der Waals surface area (Å²) in [5.74, 6) is 0.110. The van der Waals surface area contributed by atoms with Gasteiger partial charge in [0.1, 0.15) is 0 Å². The Labute approximate surface area is 148 Å². The number of nitrogens with zero attached hydrogens (tertiary/aromatic N) is 2. The summed E-state index contributed by atoms with van der Waals surface area (Å²) in [4.78, 5) is 5.21. The summed E-state index contributed by atoms with van der Waals surface area (Å²) < 4.78 is 27.9. The van der Waals surface area contributed by atoms with Crippen LogP contribution in [0.2, 0.25) is 0 Å². The highest BCUT2D eigenvalue weighted by molar-refractivity contribution is 7.84. The lowest BCUT2D eigenvalue weighted by Gasteiger charge is -2.23. The zero-order chi connectivity index (χ0) is 17.4. The number of hydrogen-bond donors (Lipinski definition) is 1. The molecule has 25 heavy (non-hydrogen) atoms. The third-order valence-corrected chi connectivity index (χ3v) is 5.76. The first kappa shape index (κ1) is 16.4. The normalized spacial score (nSPS) is 17.0. The molecule has 4 rings (SSSR count). The van der Waals surface area contributed by atoms with E-state index in [1.165, 1.54) is 0 Å². The topological polar surface area (TPSA) is 46.4 Å². The van der Waals surface area contributed by atoms with Crippen molar-refractivity contribution in [3.8, 4) is 11.3 Å². The van der Waals surface area contributed by atoms with E-state index in [2.05, 4.69) is 10.3 Å². The van der Waals surface area contributed by atoms with Crippen molar-refractivity contribution in [2.24, 2.45) is 0 Å². The molecule has 1 aromatic carbocycles. The predicted molar refractivity (Wildman–Crippen MR) is 97.8 cm³/mol. The number of imidazole rings is 1. The van der Waals surface area contributed by atoms with E-state index in [-0.39, 0.29) is 5.82 Å². The molecule has 1 saturated heterocycles. The van der Waals surface area contributed by atoms with Crippen LogP contribution in [-0.4, -0.2) is 32.9 Å². The van der Waals surface area contributed by atoms with Gasteiger partial charge in [-0.05, 0) is 55.6 Å². The number of aromatic nitrogens is 2. The molecule has 4 nitrogen and oxygen atoms in total. The Kier molecular flexibility index (Phi) is 4.39. The lowest BCUT2D eigenvalue weighted by molar-refractivity contribution is 0.457. The average Bonchev–Trinajstić information content (AvgIpc) is 3.07. The zero-order valence-corrected chi connectivity index (χ0v) is 14.9. The Hall–Kier alpha value is -2.05. The summed E-state index contributed by atoms with van der Waals surface area (Å²) in [6, 6.07) is 9.04. The third-order valence-electron chi connectivity index (χ3n) is 4.82. The van der Waals surface area contributed by atoms with Gasteiger partial charge >= 0.3 is 0 Å². The molecule has 130 valence electrons. The fourth-order valence-corrected chi connectivity index (χ4v) is 3.93. The van der Waals surface area contributed by atoms with Crippen LogP contribution in [0.25, 0.3) is 16.9 Å². The molecule has 2 aromatic heterocycles. The van der Waals surface area contributed by atoms with E-state index in [1.807, 2.05) is 36.7 Å². The van der Waals surface area contributed by atoms with Crippen molar-refractivity contribution in [2.75, 3.05) is 19.3 Å². The number of halogens is 1. The van der Waals surface area contributed by atoms with Crippen molar-refractivity contribution in [1.82, 2.24) is 14.7 Å². The Morgan fingerprint density at radius 1 is 1.20 bits per heavy atom. The molecule has 0 saturated carbocycles. The number of hydrogen-bond acceptors (Lipinski definition) is 3. The van der Waals surface area contributed by atoms with Crippen LogP contribution in [0.1, 0.15) is 24.3 Å². The molecule has 3 heterocycles. The van der Waals surface area contributed by atoms with Crippen LogP contribution >= 0.6 is 0 Å². The zero-order valence-electron chi connectivity index (χ0n) is 14.0. The smallest absolute Gasteiger partial charge is 0.173 e. The number of fused-ring (bicyclic) bond motifs is 1. The van der Waals surface area contributed by atoms with E-state index in [4.69, 9.17) is 0 Å². The highest BCUT2D eigenvalue weighted by atomic mass is 32.2. The van der Waals surface area contributed by atoms with Crippen LogP contribution in [-0.2, 0) is 10.8 Å². The maximum Gasteiger partial charge on any atom is 0.173 e. The fourth-order valence-electron chi connectivity index (χ4n) is 3.41. The van der Waals surface area contributed by atoms with E-state index >= 15 is 0 Å². The molecule has 3 aromatic rings. The minimum atomic E-state index is -1.01. The predicted octanol–water partition coefficient (Wildman–Crippen LogP) is 3.34. The van der Waals surface area contributed by atoms with Gasteiger partial charge in [-0.3, -0.25) is 4.21 Å². The second kappa shape index (κ2) is 6.69. The lowest BCUT2D eigenvalue weighted by atomic mass is 9.91. The maximum atomic E-state index is 14.6. The van der Waals surface area contributed by atoms with Gasteiger partial charge in [-0.25, -0.2) is 9.37 Å². The van der Waals surface area contributed by atoms with Crippen molar-refractivity contribution in [1.29, 1.82) is 0 Å². The average molecular weight is 357 g/mol. The molecule has 0 bridgehead atoms. The van der Waals surface area contributed by atoms with Crippen molar-refractivity contribution in [3.63, 3.8) is 0 Å². The Morgan fingerprint density at radius 2 is 1.92 bits per heavy atom. The summed E-state index contributed by atoms with van der Waals surface area (Å²) in [5.41, 5.74) is 2.98. The van der Waals surface area contributed by atoms with Gasteiger partial charge in [-0.15, -0.1) is 0 Å². The van der Waals surface area contributed by atoms with E-state index in [0.29, 0.717) is 11.6 Å². The van der Waals surface area contributed by atoms with Crippen molar-refractivity contribution >= 4 is 16.4 Å². The van der Waals surface area contributed by atoms with Crippen molar-refractivity contribution in [3.05, 3.63) is 54.1 Å². The molecule has 1 aliphatic heterocycles. The molecule has 1 atom stereocenters. The van der Waals surface area contributed by atoms with Gasteiger partial charge in [0.25, 0.3) is 0 Å². The van der Waals surface area contributed by atoms with Crippen LogP contribution < -0.4 is 5.32 Å². The molecule has 1 unspecified atom stereocenters. The molecular formula is C19H20FN3OS. The number of pyridine rings is 1. The van der Waals surface area contributed by atoms with Gasteiger partial charge in [0.15, 0.2) is 11.5 Å². The summed E-state index contributed by atoms with van der Waals surface area (Å²) in [7, 11) is -1.01. The third kappa shape index (κ3) is 3.24. The van der Waals surface area contributed by atoms with Crippen LogP contribution in [0.5, 0.6) is 0 Å². The minimum absolute atomic E-state index is 0.284. The van der Waals surface area contributed by atoms with E-state index in [0.717, 1.165) is 47.6 Å². The summed E-state index contributed by atoms with van der Waals surface area (Å²) in [6.45, 7) is 1.95. The largest absolute Gasteiger partial charge is 0.317 e. The Morgan fingerprint density at radius 3 is 2.60 bits per heavy atom. The standard InChI is InChI=1S/C19H20FN3OS/c1-25(24)16-4-2-14(3-5-16)18-12-23-11-15(10-17(20)19(23)22-18)13-6-8-21-9-7-13/h2-5,10-13,21H,6-9H2,1H3. The number of nitrogens with one attached hydrogen (secondary N) is 1. The summed E-state index contributed by atoms with van der Waals surface area (Å²) in [5, 5.41) is 3.34. The molecule has 0 radical (unpaired) electrons. The molecule has 0 spiro atoms. The van der Waals surface area contributed by atoms with Crippen molar-refractivity contribution in [2.45, 2.75) is 23.7 Å². The van der Waals surface area contributed by atoms with Gasteiger partial charge < -0.3 is 9.72 Å². The molecule has 1 aliphatic rings. The van der Waals surface area contributed by atoms with Crippen molar-refractivity contribution < 1.29 is 8.60 Å². The van der Waals surface area contributed by atoms with Gasteiger partial charge in [0.2, 0.25) is 0 Å². The Bertz CT molecular complexity index is 930. The monoisotopic (exact) mass is 357 g/mol. The van der Waals surface area contributed by atoms with E-state index in [1.54, 1.807) is 16.7 Å². The molecule has 1 N–H and O–H groups in total. The molecule has 0 amide bonds.